The van der Waals surface area contributed by atoms with Crippen molar-refractivity contribution in [3.05, 3.63) is 63.1 Å². The summed E-state index contributed by atoms with van der Waals surface area (Å²) in [7, 11) is 0. The minimum absolute atomic E-state index is 0.183. The maximum absolute atomic E-state index is 13.0. The van der Waals surface area contributed by atoms with Gasteiger partial charge in [-0.1, -0.05) is 55.3 Å². The Morgan fingerprint density at radius 1 is 1.13 bits per heavy atom. The van der Waals surface area contributed by atoms with E-state index in [0.29, 0.717) is 34.3 Å². The van der Waals surface area contributed by atoms with E-state index < -0.39 is 6.04 Å². The molecule has 5 nitrogen and oxygen atoms in total. The van der Waals surface area contributed by atoms with Crippen molar-refractivity contribution in [3.63, 3.8) is 0 Å². The topological polar surface area (TPSA) is 58.6 Å². The minimum Gasteiger partial charge on any atom is -0.483 e. The average Bonchev–Trinajstić information content (AvgIpc) is 2.70. The smallest absolute Gasteiger partial charge is 0.261 e. The first-order chi connectivity index (χ1) is 14.2. The van der Waals surface area contributed by atoms with Gasteiger partial charge in [0.1, 0.15) is 11.8 Å². The van der Waals surface area contributed by atoms with Crippen LogP contribution < -0.4 is 10.1 Å². The minimum atomic E-state index is -0.630. The number of benzene rings is 2. The molecule has 1 N–H and O–H groups in total. The molecule has 0 fully saturated rings. The molecule has 162 valence electrons. The number of nitrogens with one attached hydrogen (secondary N) is 1. The van der Waals surface area contributed by atoms with Gasteiger partial charge in [0.25, 0.3) is 5.91 Å². The first-order valence-electron chi connectivity index (χ1n) is 9.88. The summed E-state index contributed by atoms with van der Waals surface area (Å²) in [6.45, 7) is 8.49. The van der Waals surface area contributed by atoms with Crippen LogP contribution in [0.25, 0.3) is 0 Å². The van der Waals surface area contributed by atoms with Gasteiger partial charge in [-0.25, -0.2) is 0 Å². The number of ether oxygens (including phenoxy) is 1. The van der Waals surface area contributed by atoms with Crippen molar-refractivity contribution >= 4 is 39.3 Å². The lowest BCUT2D eigenvalue weighted by atomic mass is 10.1. The van der Waals surface area contributed by atoms with E-state index in [4.69, 9.17) is 16.3 Å². The standard InChI is InChI=1S/C23H28BrClN2O3/c1-15(2)12-26-23(29)17(4)27(13-18-7-5-16(3)6-8-18)22(28)14-30-21-10-9-19(25)11-20(21)24/h5-11,15,17H,12-14H2,1-4H3,(H,26,29)/t17-/m1/s1. The van der Waals surface area contributed by atoms with Gasteiger partial charge in [-0.15, -0.1) is 0 Å². The largest absolute Gasteiger partial charge is 0.483 e. The molecule has 2 rings (SSSR count). The lowest BCUT2D eigenvalue weighted by molar-refractivity contribution is -0.142. The fraction of sp³-hybridized carbons (Fsp3) is 0.391. The second kappa shape index (κ2) is 11.4. The predicted molar refractivity (Wildman–Crippen MR) is 124 cm³/mol. The second-order valence-electron chi connectivity index (χ2n) is 7.69. The number of carbonyl (C=O) groups excluding carboxylic acids is 2. The Balaban J connectivity index is 2.14. The molecule has 1 atom stereocenters. The summed E-state index contributed by atoms with van der Waals surface area (Å²) in [4.78, 5) is 27.2. The molecule has 0 saturated carbocycles. The van der Waals surface area contributed by atoms with Crippen LogP contribution in [0.2, 0.25) is 5.02 Å². The summed E-state index contributed by atoms with van der Waals surface area (Å²) in [5.41, 5.74) is 2.08. The van der Waals surface area contributed by atoms with Crippen molar-refractivity contribution in [1.82, 2.24) is 10.2 Å². The highest BCUT2D eigenvalue weighted by atomic mass is 79.9. The molecule has 0 heterocycles. The van der Waals surface area contributed by atoms with Gasteiger partial charge in [-0.2, -0.15) is 0 Å². The van der Waals surface area contributed by atoms with Crippen LogP contribution in [-0.4, -0.2) is 35.9 Å². The van der Waals surface area contributed by atoms with E-state index in [9.17, 15) is 9.59 Å². The van der Waals surface area contributed by atoms with Gasteiger partial charge in [0.15, 0.2) is 6.61 Å². The highest BCUT2D eigenvalue weighted by Gasteiger charge is 2.26. The molecule has 0 aliphatic heterocycles. The van der Waals surface area contributed by atoms with Gasteiger partial charge in [0.2, 0.25) is 5.91 Å². The highest BCUT2D eigenvalue weighted by molar-refractivity contribution is 9.10. The number of carbonyl (C=O) groups is 2. The van der Waals surface area contributed by atoms with Crippen molar-refractivity contribution in [2.45, 2.75) is 40.3 Å². The van der Waals surface area contributed by atoms with E-state index in [2.05, 4.69) is 21.2 Å². The third-order valence-corrected chi connectivity index (χ3v) is 5.43. The maximum atomic E-state index is 13.0. The number of aryl methyl sites for hydroxylation is 1. The van der Waals surface area contributed by atoms with Gasteiger partial charge in [0.05, 0.1) is 4.47 Å². The van der Waals surface area contributed by atoms with Crippen molar-refractivity contribution < 1.29 is 14.3 Å². The number of rotatable bonds is 9. The Morgan fingerprint density at radius 2 is 1.80 bits per heavy atom. The quantitative estimate of drug-likeness (QED) is 0.534. The van der Waals surface area contributed by atoms with Crippen LogP contribution in [0.3, 0.4) is 0 Å². The van der Waals surface area contributed by atoms with Crippen molar-refractivity contribution in [2.24, 2.45) is 5.92 Å². The average molecular weight is 496 g/mol. The monoisotopic (exact) mass is 494 g/mol. The van der Waals surface area contributed by atoms with Crippen LogP contribution in [0.15, 0.2) is 46.9 Å². The summed E-state index contributed by atoms with van der Waals surface area (Å²) < 4.78 is 6.35. The summed E-state index contributed by atoms with van der Waals surface area (Å²) in [6.07, 6.45) is 0. The Morgan fingerprint density at radius 3 is 2.40 bits per heavy atom. The zero-order valence-electron chi connectivity index (χ0n) is 17.7. The first-order valence-corrected chi connectivity index (χ1v) is 11.0. The van der Waals surface area contributed by atoms with Crippen LogP contribution >= 0.6 is 27.5 Å². The van der Waals surface area contributed by atoms with E-state index in [0.717, 1.165) is 11.1 Å². The maximum Gasteiger partial charge on any atom is 0.261 e. The van der Waals surface area contributed by atoms with Crippen LogP contribution in [0.1, 0.15) is 31.9 Å². The van der Waals surface area contributed by atoms with E-state index in [1.807, 2.05) is 45.0 Å². The Labute approximate surface area is 191 Å². The number of nitrogens with zero attached hydrogens (tertiary/aromatic N) is 1. The summed E-state index contributed by atoms with van der Waals surface area (Å²) in [5, 5.41) is 3.47. The van der Waals surface area contributed by atoms with Crippen LogP contribution in [0.5, 0.6) is 5.75 Å². The molecule has 0 spiro atoms. The molecule has 2 aromatic rings. The van der Waals surface area contributed by atoms with Gasteiger partial charge >= 0.3 is 0 Å². The summed E-state index contributed by atoms with van der Waals surface area (Å²) in [6, 6.07) is 12.4. The number of hydrogen-bond donors (Lipinski definition) is 1. The Bertz CT molecular complexity index is 871. The molecular weight excluding hydrogens is 468 g/mol. The van der Waals surface area contributed by atoms with Gasteiger partial charge < -0.3 is 15.0 Å². The third kappa shape index (κ3) is 7.33. The molecule has 0 bridgehead atoms. The van der Waals surface area contributed by atoms with E-state index >= 15 is 0 Å². The van der Waals surface area contributed by atoms with Gasteiger partial charge in [-0.05, 0) is 59.5 Å². The Hall–Kier alpha value is -2.05. The summed E-state index contributed by atoms with van der Waals surface area (Å²) >= 11 is 9.34. The highest BCUT2D eigenvalue weighted by Crippen LogP contribution is 2.28. The molecule has 7 heteroatoms. The van der Waals surface area contributed by atoms with E-state index in [-0.39, 0.29) is 18.4 Å². The molecular formula is C23H28BrClN2O3. The normalized spacial score (nSPS) is 11.8. The zero-order chi connectivity index (χ0) is 22.3. The summed E-state index contributed by atoms with van der Waals surface area (Å²) in [5.74, 6) is 0.384. The molecule has 0 saturated heterocycles. The van der Waals surface area contributed by atoms with Crippen molar-refractivity contribution in [1.29, 1.82) is 0 Å². The lowest BCUT2D eigenvalue weighted by Gasteiger charge is -2.29. The first kappa shape index (κ1) is 24.2. The van der Waals surface area contributed by atoms with Crippen LogP contribution in [-0.2, 0) is 16.1 Å². The van der Waals surface area contributed by atoms with Crippen LogP contribution in [0, 0.1) is 12.8 Å². The van der Waals surface area contributed by atoms with Crippen molar-refractivity contribution in [2.75, 3.05) is 13.2 Å². The molecule has 2 amide bonds. The molecule has 30 heavy (non-hydrogen) atoms. The van der Waals surface area contributed by atoms with Crippen molar-refractivity contribution in [3.8, 4) is 5.75 Å². The van der Waals surface area contributed by atoms with Gasteiger partial charge in [0, 0.05) is 18.1 Å². The Kier molecular flexibility index (Phi) is 9.18. The SMILES string of the molecule is Cc1ccc(CN(C(=O)COc2ccc(Cl)cc2Br)[C@H](C)C(=O)NCC(C)C)cc1. The van der Waals surface area contributed by atoms with Crippen LogP contribution in [0.4, 0.5) is 0 Å². The second-order valence-corrected chi connectivity index (χ2v) is 8.98. The fourth-order valence-electron chi connectivity index (χ4n) is 2.74. The lowest BCUT2D eigenvalue weighted by Crippen LogP contribution is -2.49. The number of amides is 2. The number of hydrogen-bond acceptors (Lipinski definition) is 3. The molecule has 0 aliphatic carbocycles. The predicted octanol–water partition coefficient (Wildman–Crippen LogP) is 4.98. The van der Waals surface area contributed by atoms with E-state index in [1.165, 1.54) is 0 Å². The van der Waals surface area contributed by atoms with Gasteiger partial charge in [-0.3, -0.25) is 9.59 Å². The molecule has 2 aromatic carbocycles. The molecule has 0 aliphatic rings. The molecule has 0 aromatic heterocycles. The zero-order valence-corrected chi connectivity index (χ0v) is 20.1. The fourth-order valence-corrected chi connectivity index (χ4v) is 3.54. The molecule has 0 unspecified atom stereocenters. The van der Waals surface area contributed by atoms with E-state index in [1.54, 1.807) is 30.0 Å². The third-order valence-electron chi connectivity index (χ3n) is 4.57. The number of halogens is 2. The molecule has 0 radical (unpaired) electrons.